The summed E-state index contributed by atoms with van der Waals surface area (Å²) < 4.78 is 26.5. The van der Waals surface area contributed by atoms with Crippen molar-refractivity contribution in [3.63, 3.8) is 0 Å². The molecule has 3 aliphatic rings. The van der Waals surface area contributed by atoms with Crippen LogP contribution in [0.5, 0.6) is 0 Å². The third-order valence-electron chi connectivity index (χ3n) is 5.69. The molecule has 14 nitrogen and oxygen atoms in total. The van der Waals surface area contributed by atoms with Crippen molar-refractivity contribution >= 4 is 0 Å². The first kappa shape index (κ1) is 25.1. The van der Waals surface area contributed by atoms with Gasteiger partial charge in [0.05, 0.1) is 19.3 Å². The highest BCUT2D eigenvalue weighted by molar-refractivity contribution is 4.93. The third-order valence-corrected chi connectivity index (χ3v) is 5.69. The van der Waals surface area contributed by atoms with E-state index in [-0.39, 0.29) is 6.61 Å². The van der Waals surface area contributed by atoms with Crippen LogP contribution in [0.3, 0.4) is 0 Å². The highest BCUT2D eigenvalue weighted by Crippen LogP contribution is 2.29. The molecule has 3 aliphatic heterocycles. The van der Waals surface area contributed by atoms with E-state index in [1.807, 2.05) is 0 Å². The van der Waals surface area contributed by atoms with Crippen molar-refractivity contribution < 1.29 is 69.6 Å². The fourth-order valence-corrected chi connectivity index (χ4v) is 3.67. The quantitative estimate of drug-likeness (QED) is 0.187. The molecule has 9 N–H and O–H groups in total. The van der Waals surface area contributed by atoms with Gasteiger partial charge in [-0.1, -0.05) is 0 Å². The van der Waals surface area contributed by atoms with E-state index in [0.717, 1.165) is 0 Å². The molecule has 3 fully saturated rings. The lowest BCUT2D eigenvalue weighted by molar-refractivity contribution is -0.368. The maximum Gasteiger partial charge on any atom is 0.187 e. The molecule has 3 rings (SSSR count). The Labute approximate surface area is 176 Å². The molecule has 182 valence electrons. The number of hydrogen-bond acceptors (Lipinski definition) is 14. The van der Waals surface area contributed by atoms with Crippen LogP contribution in [0.2, 0.25) is 0 Å². The van der Waals surface area contributed by atoms with Gasteiger partial charge in [-0.15, -0.1) is 0 Å². The highest BCUT2D eigenvalue weighted by atomic mass is 16.7. The summed E-state index contributed by atoms with van der Waals surface area (Å²) in [7, 11) is 0. The molecule has 0 bridgehead atoms. The normalized spacial score (nSPS) is 54.0. The highest BCUT2D eigenvalue weighted by Gasteiger charge is 2.50. The van der Waals surface area contributed by atoms with Crippen LogP contribution in [0.25, 0.3) is 0 Å². The Morgan fingerprint density at radius 2 is 1.29 bits per heavy atom. The third kappa shape index (κ3) is 5.02. The van der Waals surface area contributed by atoms with Crippen molar-refractivity contribution in [3.05, 3.63) is 0 Å². The fourth-order valence-electron chi connectivity index (χ4n) is 3.67. The van der Waals surface area contributed by atoms with E-state index in [2.05, 4.69) is 0 Å². The molecule has 14 heteroatoms. The molecule has 0 amide bonds. The van der Waals surface area contributed by atoms with Crippen molar-refractivity contribution in [2.45, 2.75) is 92.9 Å². The van der Waals surface area contributed by atoms with Gasteiger partial charge in [0.1, 0.15) is 61.0 Å². The van der Waals surface area contributed by atoms with Crippen LogP contribution in [-0.2, 0) is 23.7 Å². The van der Waals surface area contributed by atoms with E-state index >= 15 is 0 Å². The summed E-state index contributed by atoms with van der Waals surface area (Å²) in [6.07, 6.45) is -21.1. The molecule has 0 aromatic heterocycles. The number of hydrogen-bond donors (Lipinski definition) is 9. The Kier molecular flexibility index (Phi) is 8.21. The SMILES string of the molecule is C[C@@H]1O[C@@H](O[C@@H]2[C@@H](O)[C@@H](O[C@@H]3O[C@H](CO)[C@@H](O)[C@H](O)[C@H]3O)CO[C@H]2O)[C@H](O)[C@H](O)[C@H]1O. The molecule has 31 heavy (non-hydrogen) atoms. The number of aliphatic hydroxyl groups excluding tert-OH is 9. The molecule has 0 aromatic carbocycles. The first-order valence-electron chi connectivity index (χ1n) is 9.85. The van der Waals surface area contributed by atoms with Gasteiger partial charge in [0, 0.05) is 0 Å². The minimum absolute atomic E-state index is 0.386. The van der Waals surface area contributed by atoms with Gasteiger partial charge in [0.2, 0.25) is 0 Å². The van der Waals surface area contributed by atoms with Gasteiger partial charge in [-0.05, 0) is 6.92 Å². The molecule has 0 radical (unpaired) electrons. The van der Waals surface area contributed by atoms with Crippen molar-refractivity contribution in [1.82, 2.24) is 0 Å². The van der Waals surface area contributed by atoms with Crippen LogP contribution >= 0.6 is 0 Å². The van der Waals surface area contributed by atoms with Gasteiger partial charge in [0.15, 0.2) is 18.9 Å². The van der Waals surface area contributed by atoms with E-state index in [4.69, 9.17) is 23.7 Å². The standard InChI is InChI=1S/C17H30O14/c1-4-7(19)10(22)12(24)16(28-4)31-14-9(21)6(3-27-15(14)26)30-17-13(25)11(23)8(20)5(2-18)29-17/h4-26H,2-3H2,1H3/t4-,5+,6-,7-,8+,9-,10+,11-,12+,13+,14+,15+,16-,17-/m0/s1. The largest absolute Gasteiger partial charge is 0.394 e. The maximum absolute atomic E-state index is 10.6. The zero-order valence-corrected chi connectivity index (χ0v) is 16.6. The van der Waals surface area contributed by atoms with Crippen LogP contribution in [-0.4, -0.2) is 145 Å². The molecular weight excluding hydrogens is 428 g/mol. The predicted molar refractivity (Wildman–Crippen MR) is 93.8 cm³/mol. The smallest absolute Gasteiger partial charge is 0.187 e. The summed E-state index contributed by atoms with van der Waals surface area (Å²) >= 11 is 0. The fraction of sp³-hybridized carbons (Fsp3) is 1.00. The average molecular weight is 458 g/mol. The Morgan fingerprint density at radius 1 is 0.710 bits per heavy atom. The first-order chi connectivity index (χ1) is 14.6. The van der Waals surface area contributed by atoms with Crippen LogP contribution in [0.4, 0.5) is 0 Å². The minimum Gasteiger partial charge on any atom is -0.394 e. The van der Waals surface area contributed by atoms with Gasteiger partial charge in [-0.25, -0.2) is 0 Å². The second kappa shape index (κ2) is 10.1. The number of aliphatic hydroxyl groups is 9. The molecule has 0 unspecified atom stereocenters. The van der Waals surface area contributed by atoms with Crippen LogP contribution in [0.15, 0.2) is 0 Å². The summed E-state index contributed by atoms with van der Waals surface area (Å²) in [5, 5.41) is 89.4. The average Bonchev–Trinajstić information content (AvgIpc) is 2.75. The van der Waals surface area contributed by atoms with Gasteiger partial charge in [-0.2, -0.15) is 0 Å². The van der Waals surface area contributed by atoms with Crippen molar-refractivity contribution in [2.24, 2.45) is 0 Å². The van der Waals surface area contributed by atoms with Gasteiger partial charge < -0.3 is 69.6 Å². The molecule has 0 aliphatic carbocycles. The molecule has 3 heterocycles. The zero-order valence-electron chi connectivity index (χ0n) is 16.6. The Bertz CT molecular complexity index is 579. The van der Waals surface area contributed by atoms with Crippen LogP contribution < -0.4 is 0 Å². The van der Waals surface area contributed by atoms with Crippen molar-refractivity contribution in [1.29, 1.82) is 0 Å². The van der Waals surface area contributed by atoms with Crippen molar-refractivity contribution in [3.8, 4) is 0 Å². The second-order valence-electron chi connectivity index (χ2n) is 7.87. The van der Waals surface area contributed by atoms with E-state index in [1.54, 1.807) is 0 Å². The van der Waals surface area contributed by atoms with Gasteiger partial charge in [-0.3, -0.25) is 0 Å². The molecule has 0 aromatic rings. The lowest BCUT2D eigenvalue weighted by Crippen LogP contribution is -2.64. The Hall–Kier alpha value is -0.560. The Morgan fingerprint density at radius 3 is 1.90 bits per heavy atom. The van der Waals surface area contributed by atoms with Crippen LogP contribution in [0, 0.1) is 0 Å². The summed E-state index contributed by atoms with van der Waals surface area (Å²) in [6.45, 7) is 0.358. The topological polar surface area (TPSA) is 228 Å². The maximum atomic E-state index is 10.6. The number of ether oxygens (including phenoxy) is 5. The van der Waals surface area contributed by atoms with E-state index in [9.17, 15) is 46.0 Å². The molecule has 14 atom stereocenters. The van der Waals surface area contributed by atoms with Gasteiger partial charge >= 0.3 is 0 Å². The zero-order chi connectivity index (χ0) is 23.0. The first-order valence-corrected chi connectivity index (χ1v) is 9.85. The Balaban J connectivity index is 1.66. The van der Waals surface area contributed by atoms with E-state index in [0.29, 0.717) is 0 Å². The predicted octanol–water partition coefficient (Wildman–Crippen LogP) is -5.91. The van der Waals surface area contributed by atoms with Gasteiger partial charge in [0.25, 0.3) is 0 Å². The van der Waals surface area contributed by atoms with E-state index in [1.165, 1.54) is 6.92 Å². The van der Waals surface area contributed by atoms with Crippen molar-refractivity contribution in [2.75, 3.05) is 13.2 Å². The van der Waals surface area contributed by atoms with E-state index < -0.39 is 92.6 Å². The molecule has 0 saturated carbocycles. The second-order valence-corrected chi connectivity index (χ2v) is 7.87. The monoisotopic (exact) mass is 458 g/mol. The summed E-state index contributed by atoms with van der Waals surface area (Å²) in [6, 6.07) is 0. The number of rotatable bonds is 5. The summed E-state index contributed by atoms with van der Waals surface area (Å²) in [5.74, 6) is 0. The van der Waals surface area contributed by atoms with Crippen LogP contribution in [0.1, 0.15) is 6.92 Å². The molecule has 3 saturated heterocycles. The minimum atomic E-state index is -1.72. The summed E-state index contributed by atoms with van der Waals surface area (Å²) in [5.41, 5.74) is 0. The lowest BCUT2D eigenvalue weighted by atomic mass is 9.98. The molecular formula is C17H30O14. The molecule has 0 spiro atoms. The lowest BCUT2D eigenvalue weighted by Gasteiger charge is -2.45. The summed E-state index contributed by atoms with van der Waals surface area (Å²) in [4.78, 5) is 0.